The Morgan fingerprint density at radius 1 is 1.28 bits per heavy atom. The van der Waals surface area contributed by atoms with Gasteiger partial charge in [-0.1, -0.05) is 11.3 Å². The minimum Gasteiger partial charge on any atom is -0.497 e. The van der Waals surface area contributed by atoms with Crippen LogP contribution in [-0.2, 0) is 0 Å². The molecule has 0 radical (unpaired) electrons. The zero-order valence-corrected chi connectivity index (χ0v) is 10.3. The molecule has 0 unspecified atom stereocenters. The largest absolute Gasteiger partial charge is 0.497 e. The number of rotatable bonds is 2. The van der Waals surface area contributed by atoms with Crippen molar-refractivity contribution in [1.29, 1.82) is 0 Å². The number of hydrogen-bond donors (Lipinski definition) is 2. The van der Waals surface area contributed by atoms with Gasteiger partial charge < -0.3 is 16.2 Å². The van der Waals surface area contributed by atoms with Crippen LogP contribution < -0.4 is 16.2 Å². The van der Waals surface area contributed by atoms with Gasteiger partial charge in [0, 0.05) is 17.3 Å². The highest BCUT2D eigenvalue weighted by molar-refractivity contribution is 7.20. The smallest absolute Gasteiger partial charge is 0.236 e. The Hall–Kier alpha value is -2.35. The Kier molecular flexibility index (Phi) is 2.30. The van der Waals surface area contributed by atoms with Crippen molar-refractivity contribution in [2.45, 2.75) is 0 Å². The standard InChI is InChI=1S/C10H10N6OS/c1-17-5-2-3-6(7(11)4-5)8-13-14-10-16(8)15-9(12)18-10/h2-4H,11H2,1H3,(H2,12,15). The van der Waals surface area contributed by atoms with E-state index in [0.29, 0.717) is 27.4 Å². The summed E-state index contributed by atoms with van der Waals surface area (Å²) < 4.78 is 6.68. The van der Waals surface area contributed by atoms with Crippen LogP contribution in [0.4, 0.5) is 10.8 Å². The molecule has 0 saturated carbocycles. The summed E-state index contributed by atoms with van der Waals surface area (Å²) in [5.74, 6) is 1.26. The molecule has 0 fully saturated rings. The second kappa shape index (κ2) is 3.84. The lowest BCUT2D eigenvalue weighted by Gasteiger charge is -2.05. The predicted molar refractivity (Wildman–Crippen MR) is 69.5 cm³/mol. The summed E-state index contributed by atoms with van der Waals surface area (Å²) in [5, 5.41) is 12.6. The number of methoxy groups -OCH3 is 1. The number of benzene rings is 1. The summed E-state index contributed by atoms with van der Waals surface area (Å²) in [6.07, 6.45) is 0. The van der Waals surface area contributed by atoms with E-state index in [1.165, 1.54) is 11.3 Å². The van der Waals surface area contributed by atoms with Crippen molar-refractivity contribution in [3.05, 3.63) is 18.2 Å². The van der Waals surface area contributed by atoms with Gasteiger partial charge in [0.15, 0.2) is 5.82 Å². The SMILES string of the molecule is COc1ccc(-c2nnc3sc(N)nn23)c(N)c1. The number of fused-ring (bicyclic) bond motifs is 1. The zero-order valence-electron chi connectivity index (χ0n) is 9.49. The topological polar surface area (TPSA) is 104 Å². The molecular formula is C10H10N6OS. The average molecular weight is 262 g/mol. The van der Waals surface area contributed by atoms with Crippen LogP contribution in [0, 0.1) is 0 Å². The fourth-order valence-electron chi connectivity index (χ4n) is 1.67. The van der Waals surface area contributed by atoms with Gasteiger partial charge in [-0.25, -0.2) is 0 Å². The molecule has 3 aromatic rings. The highest BCUT2D eigenvalue weighted by Gasteiger charge is 2.14. The number of ether oxygens (including phenoxy) is 1. The molecule has 0 aliphatic rings. The predicted octanol–water partition coefficient (Wildman–Crippen LogP) is 1.03. The molecule has 0 saturated heterocycles. The number of nitrogens with two attached hydrogens (primary N) is 2. The Morgan fingerprint density at radius 3 is 2.83 bits per heavy atom. The lowest BCUT2D eigenvalue weighted by molar-refractivity contribution is 0.415. The van der Waals surface area contributed by atoms with Gasteiger partial charge in [-0.3, -0.25) is 0 Å². The first-order valence-corrected chi connectivity index (χ1v) is 5.92. The lowest BCUT2D eigenvalue weighted by atomic mass is 10.1. The highest BCUT2D eigenvalue weighted by atomic mass is 32.1. The maximum Gasteiger partial charge on any atom is 0.236 e. The second-order valence-electron chi connectivity index (χ2n) is 3.61. The van der Waals surface area contributed by atoms with Gasteiger partial charge in [-0.2, -0.15) is 4.52 Å². The fourth-order valence-corrected chi connectivity index (χ4v) is 2.28. The van der Waals surface area contributed by atoms with E-state index >= 15 is 0 Å². The van der Waals surface area contributed by atoms with Gasteiger partial charge in [0.1, 0.15) is 5.75 Å². The third kappa shape index (κ3) is 1.54. The summed E-state index contributed by atoms with van der Waals surface area (Å²) in [6, 6.07) is 5.36. The number of nitrogens with zero attached hydrogens (tertiary/aromatic N) is 4. The van der Waals surface area contributed by atoms with Gasteiger partial charge >= 0.3 is 0 Å². The van der Waals surface area contributed by atoms with Gasteiger partial charge in [0.2, 0.25) is 10.1 Å². The third-order valence-electron chi connectivity index (χ3n) is 2.51. The van der Waals surface area contributed by atoms with Gasteiger partial charge in [0.25, 0.3) is 0 Å². The summed E-state index contributed by atoms with van der Waals surface area (Å²) in [7, 11) is 1.59. The Bertz CT molecular complexity index is 718. The normalized spacial score (nSPS) is 10.9. The average Bonchev–Trinajstić information content (AvgIpc) is 2.88. The molecule has 0 amide bonds. The second-order valence-corrected chi connectivity index (χ2v) is 4.60. The van der Waals surface area contributed by atoms with Crippen LogP contribution in [0.2, 0.25) is 0 Å². The molecule has 0 spiro atoms. The zero-order chi connectivity index (χ0) is 12.7. The lowest BCUT2D eigenvalue weighted by Crippen LogP contribution is -1.97. The number of nitrogen functional groups attached to an aromatic ring is 2. The van der Waals surface area contributed by atoms with Crippen molar-refractivity contribution in [2.24, 2.45) is 0 Å². The first-order chi connectivity index (χ1) is 8.69. The fraction of sp³-hybridized carbons (Fsp3) is 0.100. The molecule has 4 N–H and O–H groups in total. The van der Waals surface area contributed by atoms with Crippen molar-refractivity contribution in [3.63, 3.8) is 0 Å². The summed E-state index contributed by atoms with van der Waals surface area (Å²) >= 11 is 1.27. The van der Waals surface area contributed by atoms with E-state index in [1.54, 1.807) is 17.7 Å². The van der Waals surface area contributed by atoms with Crippen LogP contribution >= 0.6 is 11.3 Å². The molecule has 2 heterocycles. The molecule has 1 aromatic carbocycles. The van der Waals surface area contributed by atoms with Gasteiger partial charge in [0.05, 0.1) is 7.11 Å². The van der Waals surface area contributed by atoms with Crippen LogP contribution in [0.3, 0.4) is 0 Å². The van der Waals surface area contributed by atoms with Crippen molar-refractivity contribution in [3.8, 4) is 17.1 Å². The molecule has 2 aromatic heterocycles. The minimum atomic E-state index is 0.438. The molecule has 3 rings (SSSR count). The van der Waals surface area contributed by atoms with E-state index in [-0.39, 0.29) is 0 Å². The molecule has 8 heteroatoms. The maximum absolute atomic E-state index is 5.97. The van der Waals surface area contributed by atoms with Crippen LogP contribution in [0.25, 0.3) is 16.3 Å². The molecule has 0 atom stereocenters. The Balaban J connectivity index is 2.19. The molecule has 0 aliphatic heterocycles. The van der Waals surface area contributed by atoms with Crippen LogP contribution in [0.1, 0.15) is 0 Å². The summed E-state index contributed by atoms with van der Waals surface area (Å²) in [6.45, 7) is 0. The first-order valence-electron chi connectivity index (χ1n) is 5.10. The monoisotopic (exact) mass is 262 g/mol. The van der Waals surface area contributed by atoms with E-state index in [2.05, 4.69) is 15.3 Å². The number of anilines is 2. The third-order valence-corrected chi connectivity index (χ3v) is 3.23. The van der Waals surface area contributed by atoms with E-state index in [0.717, 1.165) is 5.56 Å². The molecule has 0 bridgehead atoms. The molecule has 0 aliphatic carbocycles. The van der Waals surface area contributed by atoms with Crippen LogP contribution in [0.15, 0.2) is 18.2 Å². The van der Waals surface area contributed by atoms with E-state index in [1.807, 2.05) is 12.1 Å². The van der Waals surface area contributed by atoms with Crippen molar-refractivity contribution in [2.75, 3.05) is 18.6 Å². The molecule has 18 heavy (non-hydrogen) atoms. The Labute approximate surface area is 106 Å². The first kappa shape index (κ1) is 10.8. The molecular weight excluding hydrogens is 252 g/mol. The van der Waals surface area contributed by atoms with E-state index in [9.17, 15) is 0 Å². The van der Waals surface area contributed by atoms with Crippen LogP contribution in [0.5, 0.6) is 5.75 Å². The number of hydrogen-bond acceptors (Lipinski definition) is 7. The van der Waals surface area contributed by atoms with E-state index < -0.39 is 0 Å². The highest BCUT2D eigenvalue weighted by Crippen LogP contribution is 2.29. The number of aromatic nitrogens is 4. The van der Waals surface area contributed by atoms with Crippen LogP contribution in [-0.4, -0.2) is 26.9 Å². The Morgan fingerprint density at radius 2 is 2.11 bits per heavy atom. The van der Waals surface area contributed by atoms with E-state index in [4.69, 9.17) is 16.2 Å². The summed E-state index contributed by atoms with van der Waals surface area (Å²) in [5.41, 5.74) is 12.9. The molecule has 92 valence electrons. The van der Waals surface area contributed by atoms with Crippen molar-refractivity contribution in [1.82, 2.24) is 19.8 Å². The van der Waals surface area contributed by atoms with Gasteiger partial charge in [-0.05, 0) is 12.1 Å². The quantitative estimate of drug-likeness (QED) is 0.668. The van der Waals surface area contributed by atoms with Gasteiger partial charge in [-0.15, -0.1) is 15.3 Å². The van der Waals surface area contributed by atoms with Crippen molar-refractivity contribution < 1.29 is 4.74 Å². The summed E-state index contributed by atoms with van der Waals surface area (Å²) in [4.78, 5) is 0.637. The molecule has 7 nitrogen and oxygen atoms in total. The maximum atomic E-state index is 5.97. The van der Waals surface area contributed by atoms with Crippen molar-refractivity contribution >= 4 is 27.1 Å². The minimum absolute atomic E-state index is 0.438.